The van der Waals surface area contributed by atoms with Crippen molar-refractivity contribution in [1.29, 1.82) is 0 Å². The van der Waals surface area contributed by atoms with E-state index < -0.39 is 14.9 Å². The summed E-state index contributed by atoms with van der Waals surface area (Å²) in [4.78, 5) is 23.9. The molecule has 1 fully saturated rings. The molecule has 1 amide bonds. The summed E-state index contributed by atoms with van der Waals surface area (Å²) >= 11 is 0. The Kier molecular flexibility index (Phi) is 8.57. The van der Waals surface area contributed by atoms with E-state index in [-0.39, 0.29) is 74.1 Å². The molecule has 1 heterocycles. The summed E-state index contributed by atoms with van der Waals surface area (Å²) in [6.07, 6.45) is -0.223. The number of piperazine rings is 1. The molecule has 10 nitrogen and oxygen atoms in total. The van der Waals surface area contributed by atoms with Crippen molar-refractivity contribution in [3.05, 3.63) is 34.4 Å². The second-order valence-electron chi connectivity index (χ2n) is 5.84. The first-order chi connectivity index (χ1) is 12.3. The lowest BCUT2D eigenvalue weighted by Crippen LogP contribution is -2.51. The minimum Gasteiger partial charge on any atom is -0.380 e. The van der Waals surface area contributed by atoms with Crippen LogP contribution in [0.3, 0.4) is 0 Å². The number of sulfonamides is 1. The molecule has 0 saturated carbocycles. The number of nitrogens with zero attached hydrogens (tertiary/aromatic N) is 3. The number of hydrogen-bond acceptors (Lipinski definition) is 7. The van der Waals surface area contributed by atoms with Gasteiger partial charge in [0.1, 0.15) is 0 Å². The van der Waals surface area contributed by atoms with Gasteiger partial charge in [-0.2, -0.15) is 4.31 Å². The van der Waals surface area contributed by atoms with E-state index in [0.29, 0.717) is 0 Å². The molecule has 1 aliphatic heterocycles. The Labute approximate surface area is 163 Å². The van der Waals surface area contributed by atoms with Crippen molar-refractivity contribution in [1.82, 2.24) is 9.21 Å². The Bertz CT molecular complexity index is 763. The highest BCUT2D eigenvalue weighted by atomic mass is 35.5. The highest BCUT2D eigenvalue weighted by Crippen LogP contribution is 2.22. The van der Waals surface area contributed by atoms with Crippen molar-refractivity contribution < 1.29 is 22.9 Å². The molecule has 0 aliphatic carbocycles. The molecule has 1 saturated heterocycles. The Morgan fingerprint density at radius 1 is 1.33 bits per heavy atom. The number of nitro groups is 1. The fourth-order valence-corrected chi connectivity index (χ4v) is 4.13. The number of halogens is 1. The van der Waals surface area contributed by atoms with E-state index in [4.69, 9.17) is 10.5 Å². The molecule has 1 aliphatic rings. The molecule has 2 rings (SSSR count). The van der Waals surface area contributed by atoms with Crippen molar-refractivity contribution in [3.63, 3.8) is 0 Å². The number of carbonyl (C=O) groups excluding carboxylic acids is 1. The van der Waals surface area contributed by atoms with E-state index in [1.807, 2.05) is 0 Å². The number of carbonyl (C=O) groups is 1. The second-order valence-corrected chi connectivity index (χ2v) is 7.77. The fraction of sp³-hybridized carbons (Fsp3) is 0.533. The van der Waals surface area contributed by atoms with Crippen molar-refractivity contribution in [2.45, 2.75) is 17.4 Å². The number of benzene rings is 1. The van der Waals surface area contributed by atoms with Gasteiger partial charge in [0.2, 0.25) is 15.9 Å². The molecule has 1 atom stereocenters. The van der Waals surface area contributed by atoms with E-state index in [9.17, 15) is 23.3 Å². The number of non-ortho nitro benzene ring substituents is 1. The monoisotopic (exact) mass is 422 g/mol. The van der Waals surface area contributed by atoms with Gasteiger partial charge in [-0.3, -0.25) is 14.9 Å². The topological polar surface area (TPSA) is 136 Å². The van der Waals surface area contributed by atoms with Crippen LogP contribution < -0.4 is 5.73 Å². The van der Waals surface area contributed by atoms with Crippen LogP contribution in [0.4, 0.5) is 5.69 Å². The maximum Gasteiger partial charge on any atom is 0.270 e. The standard InChI is InChI=1S/C15H22N4O6S.ClH/c1-25-13(11-16)10-15(20)17-5-7-18(8-6-17)26(23,24)14-4-2-3-12(9-14)19(21)22;/h2-4,9,13H,5-8,10-11,16H2,1H3;1H. The van der Waals surface area contributed by atoms with Gasteiger partial charge in [-0.05, 0) is 6.07 Å². The third-order valence-corrected chi connectivity index (χ3v) is 6.15. The molecule has 0 bridgehead atoms. The zero-order chi connectivity index (χ0) is 19.3. The number of nitro benzene ring substituents is 1. The summed E-state index contributed by atoms with van der Waals surface area (Å²) in [5.74, 6) is -0.144. The number of nitrogens with two attached hydrogens (primary N) is 1. The van der Waals surface area contributed by atoms with Crippen LogP contribution in [0.25, 0.3) is 0 Å². The Balaban J connectivity index is 0.00000364. The van der Waals surface area contributed by atoms with Crippen LogP contribution >= 0.6 is 12.4 Å². The molecule has 152 valence electrons. The zero-order valence-electron chi connectivity index (χ0n) is 14.8. The smallest absolute Gasteiger partial charge is 0.270 e. The lowest BCUT2D eigenvalue weighted by atomic mass is 10.2. The minimum absolute atomic E-state index is 0. The SMILES string of the molecule is COC(CN)CC(=O)N1CCN(S(=O)(=O)c2cccc([N+](=O)[O-])c2)CC1.Cl. The summed E-state index contributed by atoms with van der Waals surface area (Å²) < 4.78 is 31.7. The van der Waals surface area contributed by atoms with E-state index in [2.05, 4.69) is 0 Å². The average Bonchev–Trinajstić information content (AvgIpc) is 2.66. The number of rotatable bonds is 7. The van der Waals surface area contributed by atoms with Gasteiger partial charge < -0.3 is 15.4 Å². The number of amides is 1. The molecule has 27 heavy (non-hydrogen) atoms. The lowest BCUT2D eigenvalue weighted by molar-refractivity contribution is -0.385. The third kappa shape index (κ3) is 5.59. The van der Waals surface area contributed by atoms with Gasteiger partial charge in [0.15, 0.2) is 0 Å². The van der Waals surface area contributed by atoms with E-state index in [0.717, 1.165) is 6.07 Å². The molecule has 0 aromatic heterocycles. The lowest BCUT2D eigenvalue weighted by Gasteiger charge is -2.34. The summed E-state index contributed by atoms with van der Waals surface area (Å²) in [5, 5.41) is 10.8. The molecule has 0 radical (unpaired) electrons. The van der Waals surface area contributed by atoms with Crippen LogP contribution in [0.5, 0.6) is 0 Å². The van der Waals surface area contributed by atoms with Crippen molar-refractivity contribution in [3.8, 4) is 0 Å². The summed E-state index contributed by atoms with van der Waals surface area (Å²) in [5.41, 5.74) is 5.22. The van der Waals surface area contributed by atoms with Gasteiger partial charge in [-0.15, -0.1) is 12.4 Å². The van der Waals surface area contributed by atoms with Gasteiger partial charge in [0, 0.05) is 52.0 Å². The van der Waals surface area contributed by atoms with Crippen LogP contribution in [0.2, 0.25) is 0 Å². The van der Waals surface area contributed by atoms with Gasteiger partial charge >= 0.3 is 0 Å². The quantitative estimate of drug-likeness (QED) is 0.490. The van der Waals surface area contributed by atoms with Crippen LogP contribution in [-0.2, 0) is 19.6 Å². The molecular formula is C15H23ClN4O6S. The van der Waals surface area contributed by atoms with Gasteiger partial charge in [0.25, 0.3) is 5.69 Å². The Morgan fingerprint density at radius 3 is 2.48 bits per heavy atom. The molecule has 12 heteroatoms. The number of hydrogen-bond donors (Lipinski definition) is 1. The van der Waals surface area contributed by atoms with Crippen molar-refractivity contribution >= 4 is 34.0 Å². The normalized spacial score (nSPS) is 16.4. The highest BCUT2D eigenvalue weighted by molar-refractivity contribution is 7.89. The maximum atomic E-state index is 12.7. The van der Waals surface area contributed by atoms with Crippen molar-refractivity contribution in [2.24, 2.45) is 5.73 Å². The first-order valence-corrected chi connectivity index (χ1v) is 9.49. The minimum atomic E-state index is -3.85. The number of methoxy groups -OCH3 is 1. The first-order valence-electron chi connectivity index (χ1n) is 8.05. The first kappa shape index (κ1) is 23.2. The zero-order valence-corrected chi connectivity index (χ0v) is 16.4. The van der Waals surface area contributed by atoms with Crippen LogP contribution in [0, 0.1) is 10.1 Å². The van der Waals surface area contributed by atoms with E-state index >= 15 is 0 Å². The summed E-state index contributed by atoms with van der Waals surface area (Å²) in [6, 6.07) is 4.93. The molecule has 1 aromatic carbocycles. The van der Waals surface area contributed by atoms with Crippen LogP contribution in [0.1, 0.15) is 6.42 Å². The number of ether oxygens (including phenoxy) is 1. The molecule has 1 unspecified atom stereocenters. The highest BCUT2D eigenvalue weighted by Gasteiger charge is 2.31. The molecule has 1 aromatic rings. The summed E-state index contributed by atoms with van der Waals surface area (Å²) in [7, 11) is -2.37. The Morgan fingerprint density at radius 2 is 1.96 bits per heavy atom. The van der Waals surface area contributed by atoms with Gasteiger partial charge in [-0.1, -0.05) is 6.07 Å². The van der Waals surface area contributed by atoms with Crippen LogP contribution in [-0.4, -0.2) is 74.4 Å². The maximum absolute atomic E-state index is 12.7. The fourth-order valence-electron chi connectivity index (χ4n) is 2.67. The second kappa shape index (κ2) is 9.95. The Hall–Kier alpha value is -1.79. The average molecular weight is 423 g/mol. The van der Waals surface area contributed by atoms with E-state index in [1.54, 1.807) is 4.90 Å². The summed E-state index contributed by atoms with van der Waals surface area (Å²) in [6.45, 7) is 0.958. The molecule has 2 N–H and O–H groups in total. The van der Waals surface area contributed by atoms with Gasteiger partial charge in [0.05, 0.1) is 22.3 Å². The predicted octanol–water partition coefficient (Wildman–Crippen LogP) is 0.213. The van der Waals surface area contributed by atoms with E-state index in [1.165, 1.54) is 29.6 Å². The molecular weight excluding hydrogens is 400 g/mol. The predicted molar refractivity (Wildman–Crippen MR) is 100 cm³/mol. The van der Waals surface area contributed by atoms with Crippen molar-refractivity contribution in [2.75, 3.05) is 39.8 Å². The molecule has 0 spiro atoms. The third-order valence-electron chi connectivity index (χ3n) is 4.26. The van der Waals surface area contributed by atoms with Crippen LogP contribution in [0.15, 0.2) is 29.2 Å². The van der Waals surface area contributed by atoms with Gasteiger partial charge in [-0.25, -0.2) is 8.42 Å². The largest absolute Gasteiger partial charge is 0.380 e.